The van der Waals surface area contributed by atoms with Crippen LogP contribution in [0.2, 0.25) is 0 Å². The van der Waals surface area contributed by atoms with Gasteiger partial charge < -0.3 is 11.1 Å². The van der Waals surface area contributed by atoms with Crippen molar-refractivity contribution in [3.05, 3.63) is 35.9 Å². The van der Waals surface area contributed by atoms with E-state index in [0.29, 0.717) is 11.8 Å². The Morgan fingerprint density at radius 2 is 2.00 bits per heavy atom. The van der Waals surface area contributed by atoms with E-state index in [4.69, 9.17) is 5.73 Å². The van der Waals surface area contributed by atoms with Crippen molar-refractivity contribution in [2.45, 2.75) is 44.6 Å². The lowest BCUT2D eigenvalue weighted by molar-refractivity contribution is -0.122. The molecule has 0 radical (unpaired) electrons. The van der Waals surface area contributed by atoms with Crippen LogP contribution in [0.5, 0.6) is 0 Å². The van der Waals surface area contributed by atoms with Crippen molar-refractivity contribution in [3.8, 4) is 0 Å². The zero-order valence-electron chi connectivity index (χ0n) is 12.0. The molecule has 0 heterocycles. The van der Waals surface area contributed by atoms with Crippen molar-refractivity contribution in [2.75, 3.05) is 6.54 Å². The average molecular weight is 272 g/mol. The molecule has 1 aromatic rings. The number of carbonyl (C=O) groups excluding carboxylic acids is 1. The van der Waals surface area contributed by atoms with E-state index in [0.717, 1.165) is 18.9 Å². The fourth-order valence-corrected chi connectivity index (χ4v) is 3.08. The Morgan fingerprint density at radius 1 is 1.30 bits per heavy atom. The Morgan fingerprint density at radius 3 is 2.60 bits per heavy atom. The van der Waals surface area contributed by atoms with Gasteiger partial charge in [-0.25, -0.2) is 0 Å². The second kappa shape index (κ2) is 5.57. The summed E-state index contributed by atoms with van der Waals surface area (Å²) in [6.45, 7) is 0.843. The fraction of sp³-hybridized carbons (Fsp3) is 0.588. The molecule has 1 atom stereocenters. The van der Waals surface area contributed by atoms with Crippen molar-refractivity contribution in [2.24, 2.45) is 17.1 Å². The van der Waals surface area contributed by atoms with Gasteiger partial charge in [0.2, 0.25) is 5.91 Å². The van der Waals surface area contributed by atoms with Gasteiger partial charge in [0.15, 0.2) is 0 Å². The third kappa shape index (κ3) is 3.21. The molecule has 0 bridgehead atoms. The number of nitrogens with two attached hydrogens (primary N) is 1. The third-order valence-corrected chi connectivity index (χ3v) is 4.87. The highest BCUT2D eigenvalue weighted by atomic mass is 16.2. The van der Waals surface area contributed by atoms with E-state index in [2.05, 4.69) is 17.4 Å². The summed E-state index contributed by atoms with van der Waals surface area (Å²) in [5.41, 5.74) is 7.69. The first kappa shape index (κ1) is 13.6. The lowest BCUT2D eigenvalue weighted by atomic mass is 10.00. The van der Waals surface area contributed by atoms with Gasteiger partial charge in [-0.15, -0.1) is 0 Å². The minimum absolute atomic E-state index is 0.0212. The van der Waals surface area contributed by atoms with Crippen LogP contribution >= 0.6 is 0 Å². The zero-order chi connectivity index (χ0) is 14.0. The maximum atomic E-state index is 12.0. The van der Waals surface area contributed by atoms with Gasteiger partial charge in [0, 0.05) is 6.54 Å². The maximum absolute atomic E-state index is 12.0. The summed E-state index contributed by atoms with van der Waals surface area (Å²) in [7, 11) is 0. The van der Waals surface area contributed by atoms with Crippen LogP contribution in [0, 0.1) is 11.3 Å². The topological polar surface area (TPSA) is 55.1 Å². The van der Waals surface area contributed by atoms with Gasteiger partial charge in [-0.3, -0.25) is 4.79 Å². The lowest BCUT2D eigenvalue weighted by Crippen LogP contribution is -2.43. The molecule has 1 aromatic carbocycles. The minimum atomic E-state index is -0.384. The summed E-state index contributed by atoms with van der Waals surface area (Å²) in [5.74, 6) is 0.899. The third-order valence-electron chi connectivity index (χ3n) is 4.87. The van der Waals surface area contributed by atoms with Gasteiger partial charge in [-0.05, 0) is 55.4 Å². The molecule has 0 spiro atoms. The van der Waals surface area contributed by atoms with Crippen LogP contribution in [0.1, 0.15) is 37.7 Å². The molecule has 108 valence electrons. The lowest BCUT2D eigenvalue weighted by Gasteiger charge is -2.17. The van der Waals surface area contributed by atoms with Crippen molar-refractivity contribution in [1.82, 2.24) is 5.32 Å². The van der Waals surface area contributed by atoms with Gasteiger partial charge in [-0.1, -0.05) is 30.3 Å². The normalized spacial score (nSPS) is 21.2. The summed E-state index contributed by atoms with van der Waals surface area (Å²) < 4.78 is 0. The quantitative estimate of drug-likeness (QED) is 0.800. The Balaban J connectivity index is 1.40. The van der Waals surface area contributed by atoms with E-state index in [9.17, 15) is 4.79 Å². The monoisotopic (exact) mass is 272 g/mol. The van der Waals surface area contributed by atoms with Crippen molar-refractivity contribution in [3.63, 3.8) is 0 Å². The first-order valence-corrected chi connectivity index (χ1v) is 7.77. The number of amides is 1. The van der Waals surface area contributed by atoms with E-state index < -0.39 is 0 Å². The van der Waals surface area contributed by atoms with Crippen LogP contribution in [0.15, 0.2) is 30.3 Å². The predicted octanol–water partition coefficient (Wildman–Crippen LogP) is 2.25. The first-order chi connectivity index (χ1) is 9.70. The Bertz CT molecular complexity index is 463. The molecule has 3 rings (SSSR count). The molecule has 1 amide bonds. The molecule has 0 unspecified atom stereocenters. The number of rotatable bonds is 7. The van der Waals surface area contributed by atoms with E-state index in [1.807, 2.05) is 18.2 Å². The Labute approximate surface area is 120 Å². The van der Waals surface area contributed by atoms with Crippen molar-refractivity contribution in [1.29, 1.82) is 0 Å². The SMILES string of the molecule is N[C@@H](CCc1ccccc1)C(=O)NCC1(C2CC2)CC1. The minimum Gasteiger partial charge on any atom is -0.354 e. The van der Waals surface area contributed by atoms with Crippen LogP contribution in [0.4, 0.5) is 0 Å². The molecule has 20 heavy (non-hydrogen) atoms. The van der Waals surface area contributed by atoms with Gasteiger partial charge >= 0.3 is 0 Å². The van der Waals surface area contributed by atoms with E-state index in [1.165, 1.54) is 31.2 Å². The smallest absolute Gasteiger partial charge is 0.236 e. The average Bonchev–Trinajstić information content (AvgIpc) is 3.36. The molecule has 2 aliphatic carbocycles. The molecular weight excluding hydrogens is 248 g/mol. The molecule has 3 nitrogen and oxygen atoms in total. The molecule has 2 saturated carbocycles. The Hall–Kier alpha value is -1.35. The molecular formula is C17H24N2O. The standard InChI is InChI=1S/C17H24N2O/c18-15(9-6-13-4-2-1-3-5-13)16(20)19-12-17(10-11-17)14-7-8-14/h1-5,14-15H,6-12,18H2,(H,19,20)/t15-/m0/s1. The number of hydrogen-bond acceptors (Lipinski definition) is 2. The highest BCUT2D eigenvalue weighted by Crippen LogP contribution is 2.60. The van der Waals surface area contributed by atoms with Crippen molar-refractivity contribution >= 4 is 5.91 Å². The van der Waals surface area contributed by atoms with Gasteiger partial charge in [0.05, 0.1) is 6.04 Å². The largest absolute Gasteiger partial charge is 0.354 e. The second-order valence-electron chi connectivity index (χ2n) is 6.49. The highest BCUT2D eigenvalue weighted by Gasteiger charge is 2.53. The summed E-state index contributed by atoms with van der Waals surface area (Å²) >= 11 is 0. The van der Waals surface area contributed by atoms with E-state index in [-0.39, 0.29) is 11.9 Å². The summed E-state index contributed by atoms with van der Waals surface area (Å²) in [6.07, 6.45) is 6.87. The maximum Gasteiger partial charge on any atom is 0.236 e. The van der Waals surface area contributed by atoms with Gasteiger partial charge in [0.1, 0.15) is 0 Å². The summed E-state index contributed by atoms with van der Waals surface area (Å²) in [5, 5.41) is 3.08. The van der Waals surface area contributed by atoms with Gasteiger partial charge in [0.25, 0.3) is 0 Å². The Kier molecular flexibility index (Phi) is 3.79. The molecule has 2 aliphatic rings. The molecule has 3 heteroatoms. The zero-order valence-corrected chi connectivity index (χ0v) is 12.0. The number of aryl methyl sites for hydroxylation is 1. The van der Waals surface area contributed by atoms with Crippen LogP contribution in [0.25, 0.3) is 0 Å². The van der Waals surface area contributed by atoms with E-state index in [1.54, 1.807) is 0 Å². The van der Waals surface area contributed by atoms with E-state index >= 15 is 0 Å². The van der Waals surface area contributed by atoms with Crippen LogP contribution in [-0.2, 0) is 11.2 Å². The molecule has 0 aliphatic heterocycles. The van der Waals surface area contributed by atoms with Gasteiger partial charge in [-0.2, -0.15) is 0 Å². The summed E-state index contributed by atoms with van der Waals surface area (Å²) in [6, 6.07) is 9.82. The molecule has 0 saturated heterocycles. The highest BCUT2D eigenvalue weighted by molar-refractivity contribution is 5.81. The molecule has 0 aromatic heterocycles. The summed E-state index contributed by atoms with van der Waals surface area (Å²) in [4.78, 5) is 12.0. The number of carbonyl (C=O) groups is 1. The predicted molar refractivity (Wildman–Crippen MR) is 80.1 cm³/mol. The number of nitrogens with one attached hydrogen (secondary N) is 1. The first-order valence-electron chi connectivity index (χ1n) is 7.77. The second-order valence-corrected chi connectivity index (χ2v) is 6.49. The van der Waals surface area contributed by atoms with Crippen LogP contribution in [0.3, 0.4) is 0 Å². The fourth-order valence-electron chi connectivity index (χ4n) is 3.08. The van der Waals surface area contributed by atoms with Crippen LogP contribution < -0.4 is 11.1 Å². The number of hydrogen-bond donors (Lipinski definition) is 2. The van der Waals surface area contributed by atoms with Crippen LogP contribution in [-0.4, -0.2) is 18.5 Å². The molecule has 2 fully saturated rings. The van der Waals surface area contributed by atoms with Crippen molar-refractivity contribution < 1.29 is 4.79 Å². The molecule has 3 N–H and O–H groups in total. The number of benzene rings is 1.